The maximum Gasteiger partial charge on any atom is 0.104 e. The van der Waals surface area contributed by atoms with Gasteiger partial charge in [-0.25, -0.2) is 4.98 Å². The number of piperazine rings is 1. The van der Waals surface area contributed by atoms with Crippen LogP contribution in [0.2, 0.25) is 0 Å². The Kier molecular flexibility index (Phi) is 3.89. The molecule has 2 heterocycles. The molecule has 118 valence electrons. The predicted octanol–water partition coefficient (Wildman–Crippen LogP) is 2.93. The van der Waals surface area contributed by atoms with Crippen LogP contribution in [0.25, 0.3) is 11.0 Å². The van der Waals surface area contributed by atoms with E-state index in [1.54, 1.807) is 0 Å². The first-order valence-electron chi connectivity index (χ1n) is 8.69. The van der Waals surface area contributed by atoms with Crippen molar-refractivity contribution >= 4 is 11.0 Å². The molecule has 4 heteroatoms. The zero-order valence-electron chi connectivity index (χ0n) is 13.5. The summed E-state index contributed by atoms with van der Waals surface area (Å²) in [6.07, 6.45) is 5.73. The van der Waals surface area contributed by atoms with Gasteiger partial charge in [-0.15, -0.1) is 0 Å². The Balaban J connectivity index is 1.36. The fourth-order valence-corrected chi connectivity index (χ4v) is 4.10. The molecule has 1 aliphatic heterocycles. The SMILES string of the molecule is Cc1nc2ccc(CN3CCN(C4CCCC4)CC3)cc2[nH]1. The highest BCUT2D eigenvalue weighted by atomic mass is 15.3. The smallest absolute Gasteiger partial charge is 0.104 e. The normalized spacial score (nSPS) is 21.9. The molecule has 2 aliphatic rings. The summed E-state index contributed by atoms with van der Waals surface area (Å²) < 4.78 is 0. The van der Waals surface area contributed by atoms with Crippen molar-refractivity contribution in [3.8, 4) is 0 Å². The van der Waals surface area contributed by atoms with Crippen LogP contribution in [0.15, 0.2) is 18.2 Å². The summed E-state index contributed by atoms with van der Waals surface area (Å²) in [4.78, 5) is 13.1. The van der Waals surface area contributed by atoms with Gasteiger partial charge in [0.25, 0.3) is 0 Å². The van der Waals surface area contributed by atoms with Gasteiger partial charge in [0.05, 0.1) is 11.0 Å². The Hall–Kier alpha value is -1.39. The summed E-state index contributed by atoms with van der Waals surface area (Å²) >= 11 is 0. The van der Waals surface area contributed by atoms with Gasteiger partial charge in [-0.3, -0.25) is 9.80 Å². The van der Waals surface area contributed by atoms with Crippen molar-refractivity contribution in [1.29, 1.82) is 0 Å². The molecule has 1 saturated carbocycles. The summed E-state index contributed by atoms with van der Waals surface area (Å²) in [7, 11) is 0. The summed E-state index contributed by atoms with van der Waals surface area (Å²) in [5.41, 5.74) is 3.64. The number of rotatable bonds is 3. The molecule has 4 nitrogen and oxygen atoms in total. The Bertz CT molecular complexity index is 634. The van der Waals surface area contributed by atoms with E-state index < -0.39 is 0 Å². The molecule has 1 N–H and O–H groups in total. The molecule has 2 fully saturated rings. The van der Waals surface area contributed by atoms with Gasteiger partial charge in [-0.1, -0.05) is 18.9 Å². The molecule has 0 atom stereocenters. The monoisotopic (exact) mass is 298 g/mol. The highest BCUT2D eigenvalue weighted by molar-refractivity contribution is 5.75. The Morgan fingerprint density at radius 2 is 1.91 bits per heavy atom. The van der Waals surface area contributed by atoms with Crippen LogP contribution < -0.4 is 0 Å². The summed E-state index contributed by atoms with van der Waals surface area (Å²) in [5, 5.41) is 0. The zero-order chi connectivity index (χ0) is 14.9. The third-order valence-electron chi connectivity index (χ3n) is 5.32. The van der Waals surface area contributed by atoms with E-state index in [9.17, 15) is 0 Å². The van der Waals surface area contributed by atoms with Crippen LogP contribution in [-0.2, 0) is 6.54 Å². The number of H-pyrrole nitrogens is 1. The molecular formula is C18H26N4. The molecule has 1 aromatic carbocycles. The molecule has 2 aromatic rings. The van der Waals surface area contributed by atoms with Crippen LogP contribution >= 0.6 is 0 Å². The number of aromatic nitrogens is 2. The van der Waals surface area contributed by atoms with Crippen LogP contribution in [0.5, 0.6) is 0 Å². The van der Waals surface area contributed by atoms with Gasteiger partial charge in [-0.05, 0) is 37.5 Å². The van der Waals surface area contributed by atoms with Gasteiger partial charge >= 0.3 is 0 Å². The molecule has 0 unspecified atom stereocenters. The van der Waals surface area contributed by atoms with Crippen molar-refractivity contribution in [3.05, 3.63) is 29.6 Å². The molecule has 0 spiro atoms. The zero-order valence-corrected chi connectivity index (χ0v) is 13.5. The molecule has 1 aliphatic carbocycles. The average Bonchev–Trinajstić information content (AvgIpc) is 3.16. The maximum atomic E-state index is 4.48. The number of nitrogens with one attached hydrogen (secondary N) is 1. The van der Waals surface area contributed by atoms with Gasteiger partial charge in [0, 0.05) is 38.8 Å². The van der Waals surface area contributed by atoms with E-state index in [2.05, 4.69) is 38.0 Å². The van der Waals surface area contributed by atoms with Crippen molar-refractivity contribution in [2.75, 3.05) is 26.2 Å². The van der Waals surface area contributed by atoms with Crippen molar-refractivity contribution in [1.82, 2.24) is 19.8 Å². The minimum absolute atomic E-state index is 0.881. The number of hydrogen-bond donors (Lipinski definition) is 1. The molecular weight excluding hydrogens is 272 g/mol. The standard InChI is InChI=1S/C18H26N4/c1-14-19-17-7-6-15(12-18(17)20-14)13-21-8-10-22(11-9-21)16-4-2-3-5-16/h6-7,12,16H,2-5,8-11,13H2,1H3,(H,19,20). The van der Waals surface area contributed by atoms with E-state index >= 15 is 0 Å². The lowest BCUT2D eigenvalue weighted by molar-refractivity contribution is 0.0937. The van der Waals surface area contributed by atoms with Crippen molar-refractivity contribution in [2.24, 2.45) is 0 Å². The number of hydrogen-bond acceptors (Lipinski definition) is 3. The number of imidazole rings is 1. The van der Waals surface area contributed by atoms with E-state index in [1.165, 1.54) is 62.9 Å². The number of aromatic amines is 1. The van der Waals surface area contributed by atoms with Crippen LogP contribution in [0.3, 0.4) is 0 Å². The second kappa shape index (κ2) is 6.01. The highest BCUT2D eigenvalue weighted by Crippen LogP contribution is 2.24. The first-order chi connectivity index (χ1) is 10.8. The number of nitrogens with zero attached hydrogens (tertiary/aromatic N) is 3. The quantitative estimate of drug-likeness (QED) is 0.946. The molecule has 1 aromatic heterocycles. The van der Waals surface area contributed by atoms with Crippen LogP contribution in [-0.4, -0.2) is 52.0 Å². The van der Waals surface area contributed by atoms with E-state index in [0.29, 0.717) is 0 Å². The lowest BCUT2D eigenvalue weighted by Gasteiger charge is -2.38. The maximum absolute atomic E-state index is 4.48. The fourth-order valence-electron chi connectivity index (χ4n) is 4.10. The number of aryl methyl sites for hydroxylation is 1. The molecule has 0 bridgehead atoms. The largest absolute Gasteiger partial charge is 0.342 e. The summed E-state index contributed by atoms with van der Waals surface area (Å²) in [5.74, 6) is 0.998. The Morgan fingerprint density at radius 1 is 1.14 bits per heavy atom. The third kappa shape index (κ3) is 2.90. The minimum atomic E-state index is 0.881. The second-order valence-corrected chi connectivity index (χ2v) is 6.92. The van der Waals surface area contributed by atoms with E-state index in [0.717, 1.165) is 23.9 Å². The lowest BCUT2D eigenvalue weighted by Crippen LogP contribution is -2.49. The number of benzene rings is 1. The first-order valence-corrected chi connectivity index (χ1v) is 8.69. The second-order valence-electron chi connectivity index (χ2n) is 6.92. The molecule has 0 radical (unpaired) electrons. The van der Waals surface area contributed by atoms with Gasteiger partial charge in [0.15, 0.2) is 0 Å². The van der Waals surface area contributed by atoms with Gasteiger partial charge < -0.3 is 4.98 Å². The van der Waals surface area contributed by atoms with Gasteiger partial charge in [-0.2, -0.15) is 0 Å². The predicted molar refractivity (Wildman–Crippen MR) is 89.9 cm³/mol. The Labute approximate surface area is 132 Å². The van der Waals surface area contributed by atoms with Crippen molar-refractivity contribution < 1.29 is 0 Å². The topological polar surface area (TPSA) is 35.2 Å². The van der Waals surface area contributed by atoms with Crippen molar-refractivity contribution in [2.45, 2.75) is 45.2 Å². The lowest BCUT2D eigenvalue weighted by atomic mass is 10.1. The van der Waals surface area contributed by atoms with Crippen LogP contribution in [0.1, 0.15) is 37.1 Å². The van der Waals surface area contributed by atoms with E-state index in [1.807, 2.05) is 6.92 Å². The fraction of sp³-hybridized carbons (Fsp3) is 0.611. The molecule has 0 amide bonds. The molecule has 4 rings (SSSR count). The van der Waals surface area contributed by atoms with E-state index in [-0.39, 0.29) is 0 Å². The minimum Gasteiger partial charge on any atom is -0.342 e. The number of fused-ring (bicyclic) bond motifs is 1. The molecule has 1 saturated heterocycles. The summed E-state index contributed by atoms with van der Waals surface area (Å²) in [6.45, 7) is 7.98. The van der Waals surface area contributed by atoms with Crippen molar-refractivity contribution in [3.63, 3.8) is 0 Å². The third-order valence-corrected chi connectivity index (χ3v) is 5.32. The van der Waals surface area contributed by atoms with Gasteiger partial charge in [0.1, 0.15) is 5.82 Å². The average molecular weight is 298 g/mol. The van der Waals surface area contributed by atoms with Gasteiger partial charge in [0.2, 0.25) is 0 Å². The van der Waals surface area contributed by atoms with Crippen LogP contribution in [0.4, 0.5) is 0 Å². The highest BCUT2D eigenvalue weighted by Gasteiger charge is 2.25. The Morgan fingerprint density at radius 3 is 2.68 bits per heavy atom. The van der Waals surface area contributed by atoms with E-state index in [4.69, 9.17) is 0 Å². The summed E-state index contributed by atoms with van der Waals surface area (Å²) in [6, 6.07) is 7.51. The first kappa shape index (κ1) is 14.2. The molecule has 22 heavy (non-hydrogen) atoms. The van der Waals surface area contributed by atoms with Crippen LogP contribution in [0, 0.1) is 6.92 Å².